The number of nitrogens with zero attached hydrogens (tertiary/aromatic N) is 3. The second-order valence-corrected chi connectivity index (χ2v) is 10.8. The largest absolute Gasteiger partial charge is 0.452 e. The van der Waals surface area contributed by atoms with Crippen LogP contribution < -0.4 is 16.5 Å². The summed E-state index contributed by atoms with van der Waals surface area (Å²) in [5, 5.41) is 4.27. The quantitative estimate of drug-likeness (QED) is 0.166. The normalized spacial score (nSPS) is 11.2. The number of nitrogen functional groups attached to an aromatic ring is 1. The minimum absolute atomic E-state index is 0.0179. The van der Waals surface area contributed by atoms with Crippen LogP contribution >= 0.6 is 23.2 Å². The van der Waals surface area contributed by atoms with Crippen LogP contribution in [0.2, 0.25) is 10.0 Å². The van der Waals surface area contributed by atoms with Gasteiger partial charge in [0, 0.05) is 49.5 Å². The summed E-state index contributed by atoms with van der Waals surface area (Å²) in [5.41, 5.74) is 9.05. The van der Waals surface area contributed by atoms with Crippen molar-refractivity contribution in [3.05, 3.63) is 72.4 Å². The van der Waals surface area contributed by atoms with E-state index in [1.165, 1.54) is 0 Å². The molecular weight excluding hydrogens is 577 g/mol. The van der Waals surface area contributed by atoms with Crippen molar-refractivity contribution in [3.63, 3.8) is 0 Å². The molecule has 3 N–H and O–H groups in total. The molecule has 0 aromatic heterocycles. The third kappa shape index (κ3) is 5.51. The Bertz CT molecular complexity index is 1710. The molecule has 2 aromatic rings. The van der Waals surface area contributed by atoms with Crippen molar-refractivity contribution in [2.24, 2.45) is 0 Å². The predicted molar refractivity (Wildman–Crippen MR) is 169 cm³/mol. The molecule has 222 valence electrons. The first kappa shape index (κ1) is 31.1. The van der Waals surface area contributed by atoms with E-state index < -0.39 is 11.3 Å². The smallest absolute Gasteiger partial charge is 0.258 e. The molecule has 9 nitrogen and oxygen atoms in total. The molecule has 1 aliphatic heterocycles. The molecule has 0 bridgehead atoms. The van der Waals surface area contributed by atoms with Gasteiger partial charge in [-0.3, -0.25) is 14.4 Å². The van der Waals surface area contributed by atoms with Crippen LogP contribution in [0.25, 0.3) is 22.6 Å². The van der Waals surface area contributed by atoms with E-state index in [0.29, 0.717) is 65.2 Å². The van der Waals surface area contributed by atoms with Crippen LogP contribution in [0.1, 0.15) is 65.1 Å². The van der Waals surface area contributed by atoms with Crippen molar-refractivity contribution in [1.82, 2.24) is 14.8 Å². The number of halogens is 2. The summed E-state index contributed by atoms with van der Waals surface area (Å²) in [4.78, 5) is 48.7. The highest BCUT2D eigenvalue weighted by Gasteiger charge is 2.31. The van der Waals surface area contributed by atoms with Crippen molar-refractivity contribution < 1.29 is 14.0 Å². The molecule has 1 aliphatic carbocycles. The Morgan fingerprint density at radius 3 is 2.14 bits per heavy atom. The lowest BCUT2D eigenvalue weighted by Gasteiger charge is -2.24. The Morgan fingerprint density at radius 1 is 0.929 bits per heavy atom. The summed E-state index contributed by atoms with van der Waals surface area (Å²) in [6, 6.07) is 7.10. The van der Waals surface area contributed by atoms with Gasteiger partial charge in [0.1, 0.15) is 11.2 Å². The van der Waals surface area contributed by atoms with Crippen molar-refractivity contribution >= 4 is 57.5 Å². The lowest BCUT2D eigenvalue weighted by Crippen LogP contribution is -2.34. The van der Waals surface area contributed by atoms with Gasteiger partial charge in [0.2, 0.25) is 5.43 Å². The number of hydrogen-bond acceptors (Lipinski definition) is 7. The van der Waals surface area contributed by atoms with Gasteiger partial charge < -0.3 is 25.3 Å². The summed E-state index contributed by atoms with van der Waals surface area (Å²) in [6.07, 6.45) is 0. The zero-order valence-electron chi connectivity index (χ0n) is 24.7. The zero-order valence-corrected chi connectivity index (χ0v) is 26.2. The van der Waals surface area contributed by atoms with Crippen LogP contribution in [0.5, 0.6) is 0 Å². The molecule has 4 rings (SSSR count). The first-order valence-electron chi connectivity index (χ1n) is 13.9. The summed E-state index contributed by atoms with van der Waals surface area (Å²) in [6.45, 7) is 13.1. The SMILES string of the molecule is CCN(CC)C(=O)c1c2nc3c(C(=O)N(CC)CC)cc(NCc4ccc(Cl)c(Cl)c4)c(C)c3oc-2c(C)c(=O)c1N. The van der Waals surface area contributed by atoms with Crippen LogP contribution in [0.4, 0.5) is 11.4 Å². The monoisotopic (exact) mass is 611 g/mol. The Hall–Kier alpha value is -3.82. The number of carbonyl (C=O) groups is 2. The highest BCUT2D eigenvalue weighted by atomic mass is 35.5. The third-order valence-electron chi connectivity index (χ3n) is 7.59. The minimum Gasteiger partial charge on any atom is -0.452 e. The molecule has 11 heteroatoms. The number of aromatic nitrogens is 1. The maximum atomic E-state index is 13.8. The van der Waals surface area contributed by atoms with Crippen LogP contribution in [0.3, 0.4) is 0 Å². The number of carbonyl (C=O) groups excluding carboxylic acids is 2. The molecule has 42 heavy (non-hydrogen) atoms. The average molecular weight is 613 g/mol. The number of nitrogens with one attached hydrogen (secondary N) is 1. The first-order valence-corrected chi connectivity index (χ1v) is 14.7. The van der Waals surface area contributed by atoms with Gasteiger partial charge in [-0.2, -0.15) is 0 Å². The molecule has 0 spiro atoms. The van der Waals surface area contributed by atoms with E-state index in [2.05, 4.69) is 5.32 Å². The molecule has 1 heterocycles. The van der Waals surface area contributed by atoms with Crippen LogP contribution in [-0.2, 0) is 6.54 Å². The number of nitrogens with two attached hydrogens (primary N) is 1. The summed E-state index contributed by atoms with van der Waals surface area (Å²) >= 11 is 12.3. The van der Waals surface area contributed by atoms with Gasteiger partial charge in [-0.15, -0.1) is 0 Å². The van der Waals surface area contributed by atoms with Gasteiger partial charge in [0.05, 0.1) is 26.9 Å². The molecule has 0 saturated carbocycles. The van der Waals surface area contributed by atoms with Gasteiger partial charge in [0.15, 0.2) is 11.3 Å². The highest BCUT2D eigenvalue weighted by Crippen LogP contribution is 2.37. The Balaban J connectivity index is 2.03. The molecule has 2 aromatic carbocycles. The van der Waals surface area contributed by atoms with Crippen LogP contribution in [0.15, 0.2) is 33.5 Å². The van der Waals surface area contributed by atoms with Crippen molar-refractivity contribution in [1.29, 1.82) is 0 Å². The average Bonchev–Trinajstić information content (AvgIpc) is 2.98. The van der Waals surface area contributed by atoms with E-state index >= 15 is 0 Å². The van der Waals surface area contributed by atoms with E-state index in [9.17, 15) is 14.4 Å². The standard InChI is InChI=1S/C31H35Cl2N5O4/c1-7-37(8-2)30(40)19-14-22(35-15-18-11-12-20(32)21(33)13-18)16(5)28-25(19)36-26-23(31(41)38(9-3)10-4)24(34)27(39)17(6)29(26)42-28/h11-14,35H,7-10,15,34H2,1-6H3. The van der Waals surface area contributed by atoms with Crippen molar-refractivity contribution in [2.75, 3.05) is 37.2 Å². The highest BCUT2D eigenvalue weighted by molar-refractivity contribution is 6.42. The fourth-order valence-corrected chi connectivity index (χ4v) is 5.34. The number of benzene rings is 3. The lowest BCUT2D eigenvalue weighted by atomic mass is 9.98. The lowest BCUT2D eigenvalue weighted by molar-refractivity contribution is 0.0767. The number of aryl methyl sites for hydroxylation is 1. The summed E-state index contributed by atoms with van der Waals surface area (Å²) in [7, 11) is 0. The van der Waals surface area contributed by atoms with Crippen molar-refractivity contribution in [2.45, 2.75) is 48.1 Å². The number of rotatable bonds is 9. The molecule has 2 aliphatic rings. The molecule has 0 unspecified atom stereocenters. The van der Waals surface area contributed by atoms with E-state index in [-0.39, 0.29) is 39.7 Å². The third-order valence-corrected chi connectivity index (χ3v) is 8.33. The predicted octanol–water partition coefficient (Wildman–Crippen LogP) is 6.37. The van der Waals surface area contributed by atoms with Crippen LogP contribution in [0, 0.1) is 13.8 Å². The van der Waals surface area contributed by atoms with Gasteiger partial charge in [-0.05, 0) is 65.3 Å². The topological polar surface area (TPSA) is 122 Å². The Labute approximate surface area is 254 Å². The van der Waals surface area contributed by atoms with Crippen molar-refractivity contribution in [3.8, 4) is 11.5 Å². The number of hydrogen-bond donors (Lipinski definition) is 2. The maximum absolute atomic E-state index is 13.8. The fraction of sp³-hybridized carbons (Fsp3) is 0.355. The maximum Gasteiger partial charge on any atom is 0.258 e. The van der Waals surface area contributed by atoms with E-state index in [1.807, 2.05) is 40.7 Å². The van der Waals surface area contributed by atoms with E-state index in [1.54, 1.807) is 34.9 Å². The summed E-state index contributed by atoms with van der Waals surface area (Å²) in [5.74, 6) is -0.510. The number of amides is 2. The van der Waals surface area contributed by atoms with Gasteiger partial charge in [-0.25, -0.2) is 4.98 Å². The molecule has 0 saturated heterocycles. The molecule has 2 amide bonds. The van der Waals surface area contributed by atoms with E-state index in [4.69, 9.17) is 38.3 Å². The Kier molecular flexibility index (Phi) is 9.33. The molecule has 0 atom stereocenters. The molecule has 0 fully saturated rings. The van der Waals surface area contributed by atoms with Crippen LogP contribution in [-0.4, -0.2) is 52.8 Å². The zero-order chi connectivity index (χ0) is 30.9. The molecule has 0 radical (unpaired) electrons. The van der Waals surface area contributed by atoms with Gasteiger partial charge in [0.25, 0.3) is 11.8 Å². The fourth-order valence-electron chi connectivity index (χ4n) is 5.02. The summed E-state index contributed by atoms with van der Waals surface area (Å²) < 4.78 is 6.41. The second-order valence-electron chi connectivity index (χ2n) is 9.97. The number of anilines is 2. The second kappa shape index (κ2) is 12.6. The van der Waals surface area contributed by atoms with Gasteiger partial charge in [-0.1, -0.05) is 29.3 Å². The number of fused-ring (bicyclic) bond motifs is 2. The van der Waals surface area contributed by atoms with E-state index in [0.717, 1.165) is 5.56 Å². The first-order chi connectivity index (χ1) is 20.0. The Morgan fingerprint density at radius 2 is 1.55 bits per heavy atom. The van der Waals surface area contributed by atoms with Gasteiger partial charge >= 0.3 is 0 Å². The molecular formula is C31H35Cl2N5O4. The minimum atomic E-state index is -0.492.